The lowest BCUT2D eigenvalue weighted by atomic mass is 9.79. The molecule has 3 heterocycles. The predicted molar refractivity (Wildman–Crippen MR) is 125 cm³/mol. The molecule has 0 saturated carbocycles. The number of imidazole rings is 1. The number of benzene rings is 1. The van der Waals surface area contributed by atoms with Crippen molar-refractivity contribution in [2.45, 2.75) is 84.6 Å². The van der Waals surface area contributed by atoms with Crippen LogP contribution in [0.3, 0.4) is 0 Å². The first-order valence-corrected chi connectivity index (χ1v) is 11.3. The van der Waals surface area contributed by atoms with Gasteiger partial charge in [-0.3, -0.25) is 4.90 Å². The van der Waals surface area contributed by atoms with Crippen LogP contribution in [0.25, 0.3) is 11.3 Å². The third kappa shape index (κ3) is 3.95. The van der Waals surface area contributed by atoms with E-state index in [4.69, 9.17) is 9.31 Å². The van der Waals surface area contributed by atoms with E-state index in [1.54, 1.807) is 11.1 Å². The summed E-state index contributed by atoms with van der Waals surface area (Å²) in [6, 6.07) is 7.75. The van der Waals surface area contributed by atoms with Crippen LogP contribution in [-0.4, -0.2) is 50.4 Å². The minimum Gasteiger partial charge on any atom is -0.465 e. The minimum atomic E-state index is -0.892. The summed E-state index contributed by atoms with van der Waals surface area (Å²) < 4.78 is 12.3. The molecule has 4 rings (SSSR count). The Hall–Kier alpha value is -2.32. The van der Waals surface area contributed by atoms with Crippen molar-refractivity contribution in [3.63, 3.8) is 0 Å². The zero-order valence-electron chi connectivity index (χ0n) is 20.1. The number of nitrogens with zero attached hydrogens (tertiary/aromatic N) is 2. The van der Waals surface area contributed by atoms with E-state index in [1.807, 2.05) is 52.0 Å². The number of rotatable bonds is 3. The molecule has 1 aromatic carbocycles. The highest BCUT2D eigenvalue weighted by molar-refractivity contribution is 6.62. The molecule has 2 aliphatic rings. The van der Waals surface area contributed by atoms with Gasteiger partial charge in [0.25, 0.3) is 0 Å². The number of aromatic amines is 1. The van der Waals surface area contributed by atoms with E-state index < -0.39 is 13.2 Å². The first-order valence-electron chi connectivity index (χ1n) is 11.3. The van der Waals surface area contributed by atoms with Crippen molar-refractivity contribution in [3.05, 3.63) is 36.3 Å². The normalized spacial score (nSPS) is 24.8. The second kappa shape index (κ2) is 7.63. The first-order chi connectivity index (χ1) is 14.8. The van der Waals surface area contributed by atoms with Crippen molar-refractivity contribution in [2.75, 3.05) is 0 Å². The summed E-state index contributed by atoms with van der Waals surface area (Å²) in [6.45, 7) is 14.4. The zero-order valence-corrected chi connectivity index (χ0v) is 20.1. The van der Waals surface area contributed by atoms with Gasteiger partial charge in [0.05, 0.1) is 29.1 Å². The van der Waals surface area contributed by atoms with Gasteiger partial charge in [0, 0.05) is 6.04 Å². The van der Waals surface area contributed by atoms with Crippen LogP contribution in [0, 0.1) is 5.41 Å². The largest absolute Gasteiger partial charge is 0.494 e. The fourth-order valence-corrected chi connectivity index (χ4v) is 4.65. The number of hydrogen-bond acceptors (Lipinski definition) is 4. The Labute approximate surface area is 190 Å². The van der Waals surface area contributed by atoms with Crippen LogP contribution in [0.5, 0.6) is 0 Å². The molecule has 1 amide bonds. The van der Waals surface area contributed by atoms with Crippen LogP contribution in [-0.2, 0) is 9.31 Å². The smallest absolute Gasteiger partial charge is 0.465 e. The number of nitrogens with one attached hydrogen (secondary N) is 1. The van der Waals surface area contributed by atoms with Crippen molar-refractivity contribution >= 4 is 18.7 Å². The Morgan fingerprint density at radius 2 is 1.72 bits per heavy atom. The summed E-state index contributed by atoms with van der Waals surface area (Å²) in [5.41, 5.74) is 1.94. The summed E-state index contributed by atoms with van der Waals surface area (Å²) in [6.07, 6.45) is 2.49. The number of aromatic nitrogens is 2. The molecule has 32 heavy (non-hydrogen) atoms. The Balaban J connectivity index is 1.53. The Morgan fingerprint density at radius 1 is 1.12 bits per heavy atom. The van der Waals surface area contributed by atoms with E-state index in [0.29, 0.717) is 5.82 Å². The number of carbonyl (C=O) groups is 1. The number of H-pyrrole nitrogens is 1. The summed E-state index contributed by atoms with van der Waals surface area (Å²) in [4.78, 5) is 21.5. The minimum absolute atomic E-state index is 0.0299. The van der Waals surface area contributed by atoms with E-state index in [9.17, 15) is 9.90 Å². The van der Waals surface area contributed by atoms with Crippen molar-refractivity contribution in [1.82, 2.24) is 14.9 Å². The monoisotopic (exact) mass is 439 g/mol. The second-order valence-electron chi connectivity index (χ2n) is 11.1. The van der Waals surface area contributed by atoms with Crippen molar-refractivity contribution < 1.29 is 19.2 Å². The number of carboxylic acid groups (broad SMARTS) is 1. The van der Waals surface area contributed by atoms with Gasteiger partial charge in [-0.05, 0) is 57.0 Å². The first kappa shape index (κ1) is 22.9. The molecular weight excluding hydrogens is 405 g/mol. The molecule has 2 aliphatic heterocycles. The maximum absolute atomic E-state index is 12.0. The van der Waals surface area contributed by atoms with Crippen LogP contribution >= 0.6 is 0 Å². The van der Waals surface area contributed by atoms with Crippen LogP contribution in [0.4, 0.5) is 4.79 Å². The molecule has 1 aromatic heterocycles. The van der Waals surface area contributed by atoms with Gasteiger partial charge in [-0.25, -0.2) is 9.78 Å². The zero-order chi connectivity index (χ0) is 23.5. The van der Waals surface area contributed by atoms with Crippen LogP contribution in [0.15, 0.2) is 30.5 Å². The summed E-state index contributed by atoms with van der Waals surface area (Å²) in [5, 5.41) is 9.87. The maximum atomic E-state index is 12.0. The molecule has 0 radical (unpaired) electrons. The van der Waals surface area contributed by atoms with Gasteiger partial charge in [-0.2, -0.15) is 0 Å². The van der Waals surface area contributed by atoms with Gasteiger partial charge in [-0.15, -0.1) is 0 Å². The molecule has 2 saturated heterocycles. The molecule has 2 aromatic rings. The molecule has 0 spiro atoms. The van der Waals surface area contributed by atoms with E-state index >= 15 is 0 Å². The Bertz CT molecular complexity index is 977. The third-order valence-corrected chi connectivity index (χ3v) is 7.26. The lowest BCUT2D eigenvalue weighted by Gasteiger charge is -2.35. The molecular formula is C24H34BN3O4. The summed E-state index contributed by atoms with van der Waals surface area (Å²) >= 11 is 0. The van der Waals surface area contributed by atoms with Crippen molar-refractivity contribution in [1.29, 1.82) is 0 Å². The van der Waals surface area contributed by atoms with Crippen LogP contribution < -0.4 is 5.46 Å². The third-order valence-electron chi connectivity index (χ3n) is 7.26. The highest BCUT2D eigenvalue weighted by atomic mass is 16.7. The van der Waals surface area contributed by atoms with E-state index in [0.717, 1.165) is 29.6 Å². The average Bonchev–Trinajstić information content (AvgIpc) is 3.37. The number of hydrogen-bond donors (Lipinski definition) is 2. The molecule has 8 heteroatoms. The van der Waals surface area contributed by atoms with Crippen molar-refractivity contribution in [2.24, 2.45) is 5.41 Å². The Morgan fingerprint density at radius 3 is 2.25 bits per heavy atom. The second-order valence-corrected chi connectivity index (χ2v) is 11.1. The molecule has 172 valence electrons. The fraction of sp³-hybridized carbons (Fsp3) is 0.583. The molecule has 2 fully saturated rings. The molecule has 2 atom stereocenters. The molecule has 2 N–H and O–H groups in total. The van der Waals surface area contributed by atoms with Gasteiger partial charge in [0.2, 0.25) is 0 Å². The summed E-state index contributed by atoms with van der Waals surface area (Å²) in [5.74, 6) is 0.698. The SMILES string of the molecule is CC(C)(C)C1CCC(c2ncc(-c3ccc(B4OC(C)(C)C(C)(C)O4)cc3)[nH]2)N1C(=O)O. The summed E-state index contributed by atoms with van der Waals surface area (Å²) in [7, 11) is -0.400. The molecule has 0 aliphatic carbocycles. The number of likely N-dealkylation sites (tertiary alicyclic amines) is 1. The molecule has 0 bridgehead atoms. The molecule has 2 unspecified atom stereocenters. The lowest BCUT2D eigenvalue weighted by molar-refractivity contribution is 0.00578. The van der Waals surface area contributed by atoms with E-state index in [2.05, 4.69) is 30.7 Å². The van der Waals surface area contributed by atoms with Gasteiger partial charge in [-0.1, -0.05) is 45.0 Å². The lowest BCUT2D eigenvalue weighted by Crippen LogP contribution is -2.43. The predicted octanol–water partition coefficient (Wildman–Crippen LogP) is 4.61. The highest BCUT2D eigenvalue weighted by Gasteiger charge is 2.51. The highest BCUT2D eigenvalue weighted by Crippen LogP contribution is 2.42. The van der Waals surface area contributed by atoms with E-state index in [1.165, 1.54) is 0 Å². The van der Waals surface area contributed by atoms with E-state index in [-0.39, 0.29) is 28.7 Å². The van der Waals surface area contributed by atoms with Crippen LogP contribution in [0.2, 0.25) is 0 Å². The van der Waals surface area contributed by atoms with Gasteiger partial charge in [0.15, 0.2) is 0 Å². The standard InChI is InChI=1S/C24H34BN3O4/c1-22(2,3)19-13-12-18(28(19)21(29)30)20-26-14-17(27-20)15-8-10-16(11-9-15)25-31-23(4,5)24(6,7)32-25/h8-11,14,18-19H,12-13H2,1-7H3,(H,26,27)(H,29,30). The maximum Gasteiger partial charge on any atom is 0.494 e. The quantitative estimate of drug-likeness (QED) is 0.683. The fourth-order valence-electron chi connectivity index (χ4n) is 4.65. The van der Waals surface area contributed by atoms with Gasteiger partial charge in [0.1, 0.15) is 5.82 Å². The van der Waals surface area contributed by atoms with Gasteiger partial charge >= 0.3 is 13.2 Å². The van der Waals surface area contributed by atoms with Crippen LogP contribution in [0.1, 0.15) is 73.2 Å². The van der Waals surface area contributed by atoms with Gasteiger partial charge < -0.3 is 19.4 Å². The number of amides is 1. The topological polar surface area (TPSA) is 87.7 Å². The van der Waals surface area contributed by atoms with Crippen molar-refractivity contribution in [3.8, 4) is 11.3 Å². The average molecular weight is 439 g/mol. The Kier molecular flexibility index (Phi) is 5.45. The molecule has 7 nitrogen and oxygen atoms in total.